The number of H-pyrrole nitrogens is 2. The van der Waals surface area contributed by atoms with Crippen molar-refractivity contribution in [2.45, 2.75) is 38.8 Å². The van der Waals surface area contributed by atoms with Gasteiger partial charge in [-0.25, -0.2) is 9.97 Å². The Labute approximate surface area is 309 Å². The molecule has 0 spiro atoms. The number of hydrogen-bond donors (Lipinski definition) is 2. The number of para-hydroxylation sites is 2. The Morgan fingerprint density at radius 3 is 1.35 bits per heavy atom. The molecular weight excluding hydrogens is 685 g/mol. The maximum absolute atomic E-state index is 6.18. The highest BCUT2D eigenvalue weighted by atomic mass is 16.5. The number of tetrazole rings is 2. The third kappa shape index (κ3) is 8.33. The van der Waals surface area contributed by atoms with Gasteiger partial charge < -0.3 is 9.47 Å². The third-order valence-corrected chi connectivity index (χ3v) is 8.43. The van der Waals surface area contributed by atoms with Gasteiger partial charge in [-0.3, -0.25) is 10.2 Å². The van der Waals surface area contributed by atoms with Crippen molar-refractivity contribution in [1.29, 1.82) is 0 Å². The zero-order chi connectivity index (χ0) is 36.4. The second-order valence-electron chi connectivity index (χ2n) is 12.3. The van der Waals surface area contributed by atoms with Crippen LogP contribution in [-0.2, 0) is 13.1 Å². The Morgan fingerprint density at radius 1 is 0.463 bits per heavy atom. The lowest BCUT2D eigenvalue weighted by Crippen LogP contribution is -2.05. The highest BCUT2D eigenvalue weighted by Crippen LogP contribution is 2.29. The van der Waals surface area contributed by atoms with E-state index in [1.165, 1.54) is 9.59 Å². The topological polar surface area (TPSA) is 189 Å². The monoisotopic (exact) mass is 720 g/mol. The van der Waals surface area contributed by atoms with E-state index in [-0.39, 0.29) is 0 Å². The van der Waals surface area contributed by atoms with Gasteiger partial charge in [-0.05, 0) is 60.4 Å². The van der Waals surface area contributed by atoms with E-state index in [0.717, 1.165) is 59.4 Å². The zero-order valence-corrected chi connectivity index (χ0v) is 29.2. The Bertz CT molecular complexity index is 2220. The summed E-state index contributed by atoms with van der Waals surface area (Å²) in [4.78, 5) is 12.3. The first-order valence-electron chi connectivity index (χ1n) is 17.7. The summed E-state index contributed by atoms with van der Waals surface area (Å²) in [7, 11) is 0. The number of nitrogens with one attached hydrogen (secondary N) is 2. The van der Waals surface area contributed by atoms with Crippen LogP contribution in [0.2, 0.25) is 0 Å². The van der Waals surface area contributed by atoms with Crippen LogP contribution in [0, 0.1) is 0 Å². The molecule has 0 radical (unpaired) electrons. The first-order valence-corrected chi connectivity index (χ1v) is 17.7. The molecule has 0 aliphatic carbocycles. The fourth-order valence-corrected chi connectivity index (χ4v) is 5.74. The normalized spacial score (nSPS) is 11.2. The van der Waals surface area contributed by atoms with Gasteiger partial charge in [-0.1, -0.05) is 84.9 Å². The van der Waals surface area contributed by atoms with Crippen molar-refractivity contribution in [3.63, 3.8) is 0 Å². The van der Waals surface area contributed by atoms with Gasteiger partial charge in [0.2, 0.25) is 11.6 Å². The van der Waals surface area contributed by atoms with Crippen LogP contribution in [0.4, 0.5) is 0 Å². The standard InChI is InChI=1S/C38H36N14O2/c1(13-23-53-31-21-11-9-19-29(31)37-39-33(41-43-37)25-51-47-35(45-49-51)27-15-5-3-6-16-27)2-14-24-54-32-22-12-10-20-30(32)38-40-34(42-44-38)26-52-48-36(46-50-52)28-17-7-4-8-18-28/h3-12,15-22H,1-2,13-14,23-26H2,(H,39,41,43)(H,40,42,44). The van der Waals surface area contributed by atoms with Crippen LogP contribution < -0.4 is 9.47 Å². The Morgan fingerprint density at radius 2 is 0.889 bits per heavy atom. The van der Waals surface area contributed by atoms with E-state index in [9.17, 15) is 0 Å². The van der Waals surface area contributed by atoms with Crippen LogP contribution in [0.3, 0.4) is 0 Å². The summed E-state index contributed by atoms with van der Waals surface area (Å²) in [6.07, 6.45) is 3.81. The SMILES string of the molecule is c1ccc(-c2nnn(Cc3nc(-c4ccccc4OCCCCCCOc4ccccc4-c4n[nH]c(Cn5nnc(-c6ccccc6)n5)n4)n[nH]3)n2)cc1. The fourth-order valence-electron chi connectivity index (χ4n) is 5.74. The van der Waals surface area contributed by atoms with Crippen molar-refractivity contribution < 1.29 is 9.47 Å². The lowest BCUT2D eigenvalue weighted by molar-refractivity contribution is 0.288. The summed E-state index contributed by atoms with van der Waals surface area (Å²) in [6, 6.07) is 35.0. The lowest BCUT2D eigenvalue weighted by atomic mass is 10.2. The summed E-state index contributed by atoms with van der Waals surface area (Å²) in [5, 5.41) is 40.4. The first kappa shape index (κ1) is 34.0. The fraction of sp³-hybridized carbons (Fsp3) is 0.211. The van der Waals surface area contributed by atoms with E-state index in [2.05, 4.69) is 61.2 Å². The van der Waals surface area contributed by atoms with Crippen molar-refractivity contribution in [3.05, 3.63) is 121 Å². The van der Waals surface area contributed by atoms with Gasteiger partial charge in [0, 0.05) is 11.1 Å². The molecule has 0 aliphatic rings. The molecule has 2 N–H and O–H groups in total. The quantitative estimate of drug-likeness (QED) is 0.110. The van der Waals surface area contributed by atoms with Crippen molar-refractivity contribution in [1.82, 2.24) is 70.8 Å². The maximum Gasteiger partial charge on any atom is 0.204 e. The number of ether oxygens (including phenoxy) is 2. The molecule has 0 saturated heterocycles. The number of benzene rings is 4. The Balaban J connectivity index is 0.775. The molecule has 54 heavy (non-hydrogen) atoms. The van der Waals surface area contributed by atoms with Gasteiger partial charge in [-0.2, -0.15) is 19.8 Å². The minimum atomic E-state index is 0.311. The largest absolute Gasteiger partial charge is 0.493 e. The van der Waals surface area contributed by atoms with Crippen LogP contribution in [0.15, 0.2) is 109 Å². The molecule has 270 valence electrons. The van der Waals surface area contributed by atoms with Crippen molar-refractivity contribution >= 4 is 0 Å². The van der Waals surface area contributed by atoms with Crippen LogP contribution in [0.1, 0.15) is 37.3 Å². The van der Waals surface area contributed by atoms with Crippen LogP contribution in [0.25, 0.3) is 45.6 Å². The number of aromatic nitrogens is 14. The summed E-state index contributed by atoms with van der Waals surface area (Å²) < 4.78 is 12.4. The van der Waals surface area contributed by atoms with Crippen LogP contribution >= 0.6 is 0 Å². The maximum atomic E-state index is 6.18. The Kier molecular flexibility index (Phi) is 10.4. The molecule has 0 atom stereocenters. The molecular formula is C38H36N14O2. The molecule has 0 fully saturated rings. The molecule has 16 nitrogen and oxygen atoms in total. The number of rotatable bonds is 17. The van der Waals surface area contributed by atoms with Crippen LogP contribution in [0.5, 0.6) is 11.5 Å². The number of aromatic amines is 2. The molecule has 0 unspecified atom stereocenters. The molecule has 4 heterocycles. The minimum absolute atomic E-state index is 0.311. The molecule has 0 aliphatic heterocycles. The highest BCUT2D eigenvalue weighted by molar-refractivity contribution is 5.64. The van der Waals surface area contributed by atoms with E-state index < -0.39 is 0 Å². The van der Waals surface area contributed by atoms with E-state index >= 15 is 0 Å². The Hall–Kier alpha value is -7.10. The highest BCUT2D eigenvalue weighted by Gasteiger charge is 2.15. The molecule has 8 rings (SSSR count). The summed E-state index contributed by atoms with van der Waals surface area (Å²) >= 11 is 0. The molecule has 16 heteroatoms. The zero-order valence-electron chi connectivity index (χ0n) is 29.2. The predicted molar refractivity (Wildman–Crippen MR) is 198 cm³/mol. The molecule has 0 bridgehead atoms. The van der Waals surface area contributed by atoms with Crippen molar-refractivity contribution in [3.8, 4) is 57.1 Å². The van der Waals surface area contributed by atoms with Crippen LogP contribution in [-0.4, -0.2) is 84.0 Å². The average molecular weight is 721 g/mol. The molecule has 8 aromatic rings. The minimum Gasteiger partial charge on any atom is -0.493 e. The van der Waals surface area contributed by atoms with Crippen molar-refractivity contribution in [2.24, 2.45) is 0 Å². The van der Waals surface area contributed by atoms with E-state index in [4.69, 9.17) is 9.47 Å². The van der Waals surface area contributed by atoms with E-state index in [1.807, 2.05) is 109 Å². The van der Waals surface area contributed by atoms with Gasteiger partial charge in [0.25, 0.3) is 0 Å². The summed E-state index contributed by atoms with van der Waals surface area (Å²) in [6.45, 7) is 1.78. The first-order chi connectivity index (χ1) is 26.7. The molecule has 0 amide bonds. The van der Waals surface area contributed by atoms with Gasteiger partial charge in [0.05, 0.1) is 24.3 Å². The third-order valence-electron chi connectivity index (χ3n) is 8.43. The van der Waals surface area contributed by atoms with Gasteiger partial charge >= 0.3 is 0 Å². The van der Waals surface area contributed by atoms with Gasteiger partial charge in [-0.15, -0.1) is 20.4 Å². The lowest BCUT2D eigenvalue weighted by Gasteiger charge is -2.10. The average Bonchev–Trinajstić information content (AvgIpc) is 4.06. The smallest absolute Gasteiger partial charge is 0.204 e. The molecule has 4 aromatic carbocycles. The predicted octanol–water partition coefficient (Wildman–Crippen LogP) is 5.68. The van der Waals surface area contributed by atoms with Crippen molar-refractivity contribution in [2.75, 3.05) is 13.2 Å². The van der Waals surface area contributed by atoms with E-state index in [1.54, 1.807) is 0 Å². The second kappa shape index (κ2) is 16.5. The van der Waals surface area contributed by atoms with Gasteiger partial charge in [0.1, 0.15) is 36.2 Å². The van der Waals surface area contributed by atoms with Gasteiger partial charge in [0.15, 0.2) is 11.6 Å². The molecule has 4 aromatic heterocycles. The summed E-state index contributed by atoms with van der Waals surface area (Å²) in [5.74, 6) is 4.91. The number of unbranched alkanes of at least 4 members (excludes halogenated alkanes) is 3. The molecule has 0 saturated carbocycles. The number of hydrogen-bond acceptors (Lipinski definition) is 12. The second-order valence-corrected chi connectivity index (χ2v) is 12.3. The number of nitrogens with zero attached hydrogens (tertiary/aromatic N) is 12. The summed E-state index contributed by atoms with van der Waals surface area (Å²) in [5.41, 5.74) is 3.43. The van der Waals surface area contributed by atoms with E-state index in [0.29, 0.717) is 61.2 Å².